The molecule has 2 atom stereocenters. The second kappa shape index (κ2) is 7.23. The standard InChI is InChI=1S/C16H22BrNO2/c1-12(13-5-7-14(17)8-6-13)10-16(20)18-9-3-2-4-15(18)11-19/h5-8,12,15,19H,2-4,9-11H2,1H3. The van der Waals surface area contributed by atoms with Crippen LogP contribution in [0.4, 0.5) is 0 Å². The average molecular weight is 340 g/mol. The van der Waals surface area contributed by atoms with Crippen molar-refractivity contribution in [2.75, 3.05) is 13.2 Å². The summed E-state index contributed by atoms with van der Waals surface area (Å²) in [6, 6.07) is 8.15. The number of likely N-dealkylation sites (tertiary alicyclic amines) is 1. The zero-order valence-electron chi connectivity index (χ0n) is 11.9. The van der Waals surface area contributed by atoms with Gasteiger partial charge in [-0.25, -0.2) is 0 Å². The topological polar surface area (TPSA) is 40.5 Å². The van der Waals surface area contributed by atoms with Crippen LogP contribution >= 0.6 is 15.9 Å². The molecule has 110 valence electrons. The minimum atomic E-state index is 0.0216. The van der Waals surface area contributed by atoms with Crippen LogP contribution in [0.3, 0.4) is 0 Å². The molecule has 1 N–H and O–H groups in total. The van der Waals surface area contributed by atoms with Crippen molar-refractivity contribution in [2.24, 2.45) is 0 Å². The van der Waals surface area contributed by atoms with E-state index in [2.05, 4.69) is 35.0 Å². The summed E-state index contributed by atoms with van der Waals surface area (Å²) in [7, 11) is 0. The number of carbonyl (C=O) groups excluding carboxylic acids is 1. The van der Waals surface area contributed by atoms with Crippen molar-refractivity contribution in [3.05, 3.63) is 34.3 Å². The van der Waals surface area contributed by atoms with E-state index in [-0.39, 0.29) is 24.5 Å². The Labute approximate surface area is 129 Å². The third kappa shape index (κ3) is 3.83. The van der Waals surface area contributed by atoms with Gasteiger partial charge in [0.15, 0.2) is 0 Å². The monoisotopic (exact) mass is 339 g/mol. The van der Waals surface area contributed by atoms with Gasteiger partial charge in [-0.05, 0) is 42.9 Å². The van der Waals surface area contributed by atoms with Crippen LogP contribution in [0.15, 0.2) is 28.7 Å². The van der Waals surface area contributed by atoms with Crippen molar-refractivity contribution in [2.45, 2.75) is 44.6 Å². The van der Waals surface area contributed by atoms with Gasteiger partial charge in [0.05, 0.1) is 12.6 Å². The highest BCUT2D eigenvalue weighted by molar-refractivity contribution is 9.10. The second-order valence-electron chi connectivity index (χ2n) is 5.58. The Kier molecular flexibility index (Phi) is 5.61. The first kappa shape index (κ1) is 15.5. The molecule has 1 fully saturated rings. The van der Waals surface area contributed by atoms with Crippen LogP contribution in [-0.4, -0.2) is 35.1 Å². The average Bonchev–Trinajstić information content (AvgIpc) is 2.47. The summed E-state index contributed by atoms with van der Waals surface area (Å²) in [4.78, 5) is 14.3. The minimum Gasteiger partial charge on any atom is -0.394 e. The van der Waals surface area contributed by atoms with Gasteiger partial charge in [-0.3, -0.25) is 4.79 Å². The summed E-state index contributed by atoms with van der Waals surface area (Å²) in [6.45, 7) is 2.95. The van der Waals surface area contributed by atoms with Crippen LogP contribution in [-0.2, 0) is 4.79 Å². The smallest absolute Gasteiger partial charge is 0.223 e. The molecule has 1 amide bonds. The lowest BCUT2D eigenvalue weighted by Crippen LogP contribution is -2.45. The summed E-state index contributed by atoms with van der Waals surface area (Å²) in [5.41, 5.74) is 1.18. The van der Waals surface area contributed by atoms with E-state index < -0.39 is 0 Å². The number of nitrogens with zero attached hydrogens (tertiary/aromatic N) is 1. The number of benzene rings is 1. The Morgan fingerprint density at radius 3 is 2.75 bits per heavy atom. The van der Waals surface area contributed by atoms with E-state index in [0.29, 0.717) is 6.42 Å². The second-order valence-corrected chi connectivity index (χ2v) is 6.49. The van der Waals surface area contributed by atoms with Crippen molar-refractivity contribution < 1.29 is 9.90 Å². The van der Waals surface area contributed by atoms with Gasteiger partial charge in [0, 0.05) is 17.4 Å². The van der Waals surface area contributed by atoms with Gasteiger partial charge in [-0.15, -0.1) is 0 Å². The molecule has 1 heterocycles. The van der Waals surface area contributed by atoms with Crippen LogP contribution in [0.5, 0.6) is 0 Å². The van der Waals surface area contributed by atoms with Crippen molar-refractivity contribution in [3.63, 3.8) is 0 Å². The fraction of sp³-hybridized carbons (Fsp3) is 0.562. The van der Waals surface area contributed by atoms with Gasteiger partial charge in [0.1, 0.15) is 0 Å². The molecule has 1 aliphatic rings. The summed E-state index contributed by atoms with van der Waals surface area (Å²) in [6.07, 6.45) is 3.60. The molecular weight excluding hydrogens is 318 g/mol. The lowest BCUT2D eigenvalue weighted by atomic mass is 9.95. The Bertz CT molecular complexity index is 446. The predicted octanol–water partition coefficient (Wildman–Crippen LogP) is 3.32. The first-order chi connectivity index (χ1) is 9.61. The fourth-order valence-corrected chi connectivity index (χ4v) is 3.07. The third-order valence-corrected chi connectivity index (χ3v) is 4.61. The van der Waals surface area contributed by atoms with Crippen LogP contribution < -0.4 is 0 Å². The lowest BCUT2D eigenvalue weighted by Gasteiger charge is -2.35. The van der Waals surface area contributed by atoms with Crippen molar-refractivity contribution in [1.82, 2.24) is 4.90 Å². The van der Waals surface area contributed by atoms with Crippen molar-refractivity contribution >= 4 is 21.8 Å². The number of aliphatic hydroxyl groups excluding tert-OH is 1. The molecule has 0 saturated carbocycles. The first-order valence-corrected chi connectivity index (χ1v) is 8.07. The van der Waals surface area contributed by atoms with Crippen molar-refractivity contribution in [1.29, 1.82) is 0 Å². The Morgan fingerprint density at radius 2 is 2.10 bits per heavy atom. The normalized spacial score (nSPS) is 20.8. The molecule has 0 bridgehead atoms. The van der Waals surface area contributed by atoms with Crippen molar-refractivity contribution in [3.8, 4) is 0 Å². The quantitative estimate of drug-likeness (QED) is 0.914. The molecule has 0 radical (unpaired) electrons. The first-order valence-electron chi connectivity index (χ1n) is 7.27. The fourth-order valence-electron chi connectivity index (χ4n) is 2.81. The molecule has 2 unspecified atom stereocenters. The molecule has 2 rings (SSSR count). The van der Waals surface area contributed by atoms with E-state index >= 15 is 0 Å². The van der Waals surface area contributed by atoms with Gasteiger partial charge < -0.3 is 10.0 Å². The maximum absolute atomic E-state index is 12.4. The van der Waals surface area contributed by atoms with E-state index in [1.165, 1.54) is 5.56 Å². The molecule has 20 heavy (non-hydrogen) atoms. The Hall–Kier alpha value is -0.870. The van der Waals surface area contributed by atoms with E-state index in [9.17, 15) is 9.90 Å². The minimum absolute atomic E-state index is 0.0216. The number of hydrogen-bond donors (Lipinski definition) is 1. The van der Waals surface area contributed by atoms with Gasteiger partial charge in [0.25, 0.3) is 0 Å². The Morgan fingerprint density at radius 1 is 1.40 bits per heavy atom. The highest BCUT2D eigenvalue weighted by Gasteiger charge is 2.26. The van der Waals surface area contributed by atoms with Gasteiger partial charge in [-0.1, -0.05) is 35.0 Å². The molecular formula is C16H22BrNO2. The lowest BCUT2D eigenvalue weighted by molar-refractivity contribution is -0.136. The Balaban J connectivity index is 1.97. The zero-order chi connectivity index (χ0) is 14.5. The highest BCUT2D eigenvalue weighted by atomic mass is 79.9. The maximum atomic E-state index is 12.4. The summed E-state index contributed by atoms with van der Waals surface area (Å²) < 4.78 is 1.05. The molecule has 1 aliphatic heterocycles. The summed E-state index contributed by atoms with van der Waals surface area (Å²) >= 11 is 3.42. The van der Waals surface area contributed by atoms with E-state index in [4.69, 9.17) is 0 Å². The van der Waals surface area contributed by atoms with Crippen LogP contribution in [0, 0.1) is 0 Å². The van der Waals surface area contributed by atoms with Crippen LogP contribution in [0.1, 0.15) is 44.1 Å². The third-order valence-electron chi connectivity index (χ3n) is 4.08. The molecule has 1 saturated heterocycles. The largest absolute Gasteiger partial charge is 0.394 e. The number of rotatable bonds is 4. The SMILES string of the molecule is CC(CC(=O)N1CCCCC1CO)c1ccc(Br)cc1. The number of halogens is 1. The summed E-state index contributed by atoms with van der Waals surface area (Å²) in [5.74, 6) is 0.371. The van der Waals surface area contributed by atoms with E-state index in [1.807, 2.05) is 17.0 Å². The van der Waals surface area contributed by atoms with E-state index in [0.717, 1.165) is 30.3 Å². The number of hydrogen-bond acceptors (Lipinski definition) is 2. The number of aliphatic hydroxyl groups is 1. The highest BCUT2D eigenvalue weighted by Crippen LogP contribution is 2.24. The molecule has 0 aliphatic carbocycles. The molecule has 0 spiro atoms. The van der Waals surface area contributed by atoms with Gasteiger partial charge in [-0.2, -0.15) is 0 Å². The number of piperidine rings is 1. The molecule has 1 aromatic carbocycles. The molecule has 4 heteroatoms. The van der Waals surface area contributed by atoms with Gasteiger partial charge in [0.2, 0.25) is 5.91 Å². The summed E-state index contributed by atoms with van der Waals surface area (Å²) in [5, 5.41) is 9.39. The number of carbonyl (C=O) groups is 1. The molecule has 3 nitrogen and oxygen atoms in total. The van der Waals surface area contributed by atoms with E-state index in [1.54, 1.807) is 0 Å². The van der Waals surface area contributed by atoms with Gasteiger partial charge >= 0.3 is 0 Å². The predicted molar refractivity (Wildman–Crippen MR) is 83.6 cm³/mol. The van der Waals surface area contributed by atoms with Crippen LogP contribution in [0.2, 0.25) is 0 Å². The zero-order valence-corrected chi connectivity index (χ0v) is 13.5. The molecule has 0 aromatic heterocycles. The van der Waals surface area contributed by atoms with Crippen LogP contribution in [0.25, 0.3) is 0 Å². The number of amides is 1. The maximum Gasteiger partial charge on any atom is 0.223 e. The molecule has 1 aromatic rings.